The Bertz CT molecular complexity index is 2030. The number of halogens is 2. The minimum Gasteiger partial charge on any atom is -0.443 e. The second kappa shape index (κ2) is 21.5. The van der Waals surface area contributed by atoms with Crippen LogP contribution >= 0.6 is 0 Å². The average molecular weight is 815 g/mol. The number of benzene rings is 2. The van der Waals surface area contributed by atoms with Crippen LogP contribution in [0.5, 0.6) is 0 Å². The molecule has 4 rings (SSSR count). The maximum absolute atomic E-state index is 16.9. The van der Waals surface area contributed by atoms with Crippen molar-refractivity contribution in [2.75, 3.05) is 0 Å². The zero-order chi connectivity index (χ0) is 43.1. The number of aryl methyl sites for hydroxylation is 2. The monoisotopic (exact) mass is 814 g/mol. The molecule has 15 heteroatoms. The Hall–Kier alpha value is -6.25. The molecule has 0 spiro atoms. The predicted octanol–water partition coefficient (Wildman–Crippen LogP) is 5.95. The van der Waals surface area contributed by atoms with Crippen LogP contribution in [0.25, 0.3) is 0 Å². The first kappa shape index (κ1) is 45.5. The second-order valence-electron chi connectivity index (χ2n) is 14.9. The SMILES string of the molecule is Cc1cccc(COC(=O)N[C@H](C(=O)N[C@@H](Cc2ccccc2)C(=O)C(F)(F)[C@H](Cc2ccccc2)NC(=O)[C@@H](NC(=O)OCc2cccc(C)n2)C(C)C)C(C)C)n1. The molecule has 314 valence electrons. The highest BCUT2D eigenvalue weighted by molar-refractivity contribution is 5.97. The Kier molecular flexibility index (Phi) is 16.6. The molecule has 13 nitrogen and oxygen atoms in total. The smallest absolute Gasteiger partial charge is 0.408 e. The molecule has 4 N–H and O–H groups in total. The molecule has 2 aromatic carbocycles. The molecule has 0 aliphatic rings. The third-order valence-electron chi connectivity index (χ3n) is 9.32. The lowest BCUT2D eigenvalue weighted by atomic mass is 9.90. The van der Waals surface area contributed by atoms with Crippen molar-refractivity contribution in [1.82, 2.24) is 31.2 Å². The zero-order valence-corrected chi connectivity index (χ0v) is 34.0. The van der Waals surface area contributed by atoms with Crippen molar-refractivity contribution in [3.05, 3.63) is 131 Å². The van der Waals surface area contributed by atoms with Gasteiger partial charge in [0.05, 0.1) is 17.4 Å². The normalized spacial score (nSPS) is 13.4. The standard InChI is InChI=1S/C44H52F2N6O7/c1-27(2)37(51-42(56)58-25-33-21-13-15-29(5)47-33)40(54)49-35(23-31-17-9-7-10-18-31)39(53)44(45,46)36(24-32-19-11-8-12-20-32)50-41(55)38(28(3)4)52-43(57)59-26-34-22-14-16-30(6)48-34/h7-22,27-28,35-38H,23-26H2,1-6H3,(H,49,54)(H,50,55)(H,51,56)(H,52,57)/t35-,36-,37-,38-/m0/s1. The third-order valence-corrected chi connectivity index (χ3v) is 9.32. The largest absolute Gasteiger partial charge is 0.443 e. The Morgan fingerprint density at radius 2 is 1.00 bits per heavy atom. The summed E-state index contributed by atoms with van der Waals surface area (Å²) in [6.45, 7) is 9.67. The van der Waals surface area contributed by atoms with E-state index in [1.165, 1.54) is 0 Å². The Labute approximate surface area is 343 Å². The maximum Gasteiger partial charge on any atom is 0.408 e. The van der Waals surface area contributed by atoms with Crippen molar-refractivity contribution in [3.8, 4) is 0 Å². The molecule has 2 heterocycles. The van der Waals surface area contributed by atoms with Crippen LogP contribution in [0.4, 0.5) is 18.4 Å². The van der Waals surface area contributed by atoms with Crippen LogP contribution in [0.15, 0.2) is 97.1 Å². The zero-order valence-electron chi connectivity index (χ0n) is 34.0. The fraction of sp³-hybridized carbons (Fsp3) is 0.386. The Balaban J connectivity index is 1.57. The molecule has 0 saturated carbocycles. The van der Waals surface area contributed by atoms with Gasteiger partial charge in [0.1, 0.15) is 31.3 Å². The summed E-state index contributed by atoms with van der Waals surface area (Å²) < 4.78 is 44.4. The topological polar surface area (TPSA) is 178 Å². The van der Waals surface area contributed by atoms with Crippen LogP contribution in [0.3, 0.4) is 0 Å². The van der Waals surface area contributed by atoms with Crippen molar-refractivity contribution in [1.29, 1.82) is 0 Å². The molecule has 0 saturated heterocycles. The van der Waals surface area contributed by atoms with E-state index in [-0.39, 0.29) is 19.6 Å². The summed E-state index contributed by atoms with van der Waals surface area (Å²) in [5, 5.41) is 9.75. The second-order valence-corrected chi connectivity index (χ2v) is 14.9. The molecule has 0 bridgehead atoms. The molecular weight excluding hydrogens is 763 g/mol. The van der Waals surface area contributed by atoms with E-state index in [1.807, 2.05) is 0 Å². The van der Waals surface area contributed by atoms with E-state index in [0.29, 0.717) is 33.9 Å². The minimum absolute atomic E-state index is 0.185. The number of nitrogens with zero attached hydrogens (tertiary/aromatic N) is 2. The fourth-order valence-corrected chi connectivity index (χ4v) is 6.15. The van der Waals surface area contributed by atoms with Crippen LogP contribution in [0, 0.1) is 25.7 Å². The van der Waals surface area contributed by atoms with Gasteiger partial charge in [-0.3, -0.25) is 24.4 Å². The first-order valence-corrected chi connectivity index (χ1v) is 19.4. The Morgan fingerprint density at radius 3 is 1.42 bits per heavy atom. The molecule has 4 atom stereocenters. The fourth-order valence-electron chi connectivity index (χ4n) is 6.15. The number of alkyl halides is 2. The summed E-state index contributed by atoms with van der Waals surface area (Å²) in [5.74, 6) is -8.98. The lowest BCUT2D eigenvalue weighted by Gasteiger charge is -2.32. The van der Waals surface area contributed by atoms with Crippen molar-refractivity contribution < 1.29 is 42.2 Å². The summed E-state index contributed by atoms with van der Waals surface area (Å²) in [6, 6.07) is 20.2. The van der Waals surface area contributed by atoms with E-state index in [4.69, 9.17) is 9.47 Å². The molecule has 4 aromatic rings. The van der Waals surface area contributed by atoms with Crippen LogP contribution in [-0.2, 0) is 49.9 Å². The van der Waals surface area contributed by atoms with E-state index in [2.05, 4.69) is 31.2 Å². The summed E-state index contributed by atoms with van der Waals surface area (Å²) >= 11 is 0. The number of rotatable bonds is 19. The lowest BCUT2D eigenvalue weighted by Crippen LogP contribution is -2.63. The van der Waals surface area contributed by atoms with Crippen LogP contribution in [-0.4, -0.2) is 69.8 Å². The number of nitrogens with one attached hydrogen (secondary N) is 4. The number of aromatic nitrogens is 2. The third kappa shape index (κ3) is 14.0. The predicted molar refractivity (Wildman–Crippen MR) is 216 cm³/mol. The number of carbonyl (C=O) groups excluding carboxylic acids is 5. The van der Waals surface area contributed by atoms with Crippen molar-refractivity contribution in [3.63, 3.8) is 0 Å². The number of hydrogen-bond acceptors (Lipinski definition) is 9. The molecule has 0 aliphatic carbocycles. The summed E-state index contributed by atoms with van der Waals surface area (Å²) in [6.07, 6.45) is -2.74. The van der Waals surface area contributed by atoms with E-state index < -0.39 is 78.1 Å². The lowest BCUT2D eigenvalue weighted by molar-refractivity contribution is -0.153. The van der Waals surface area contributed by atoms with Crippen LogP contribution < -0.4 is 21.3 Å². The molecule has 4 amide bonds. The first-order valence-electron chi connectivity index (χ1n) is 19.4. The van der Waals surface area contributed by atoms with Gasteiger partial charge in [-0.2, -0.15) is 8.78 Å². The highest BCUT2D eigenvalue weighted by Gasteiger charge is 2.51. The molecule has 0 radical (unpaired) electrons. The molecular formula is C44H52F2N6O7. The van der Waals surface area contributed by atoms with E-state index in [9.17, 15) is 24.0 Å². The first-order chi connectivity index (χ1) is 28.0. The number of ketones is 1. The quantitative estimate of drug-likeness (QED) is 0.0891. The van der Waals surface area contributed by atoms with Gasteiger partial charge in [-0.15, -0.1) is 0 Å². The van der Waals surface area contributed by atoms with Gasteiger partial charge in [0.15, 0.2) is 0 Å². The number of Topliss-reactive ketones (excluding diaryl/α,β-unsaturated/α-hetero) is 1. The van der Waals surface area contributed by atoms with Crippen molar-refractivity contribution in [2.45, 2.75) is 97.7 Å². The number of alkyl carbamates (subject to hydrolysis) is 2. The van der Waals surface area contributed by atoms with E-state index in [0.717, 1.165) is 0 Å². The van der Waals surface area contributed by atoms with Gasteiger partial charge in [0, 0.05) is 11.4 Å². The summed E-state index contributed by atoms with van der Waals surface area (Å²) in [4.78, 5) is 76.1. The highest BCUT2D eigenvalue weighted by Crippen LogP contribution is 2.27. The molecule has 2 aromatic heterocycles. The summed E-state index contributed by atoms with van der Waals surface area (Å²) in [7, 11) is 0. The van der Waals surface area contributed by atoms with Gasteiger partial charge in [-0.1, -0.05) is 100 Å². The van der Waals surface area contributed by atoms with E-state index >= 15 is 8.78 Å². The minimum atomic E-state index is -4.28. The Morgan fingerprint density at radius 1 is 0.576 bits per heavy atom. The number of amides is 4. The number of hydrogen-bond donors (Lipinski definition) is 4. The molecule has 0 fully saturated rings. The molecule has 59 heavy (non-hydrogen) atoms. The van der Waals surface area contributed by atoms with Gasteiger partial charge < -0.3 is 30.7 Å². The number of ether oxygens (including phenoxy) is 2. The van der Waals surface area contributed by atoms with Crippen molar-refractivity contribution in [2.24, 2.45) is 11.8 Å². The van der Waals surface area contributed by atoms with Crippen LogP contribution in [0.1, 0.15) is 61.6 Å². The van der Waals surface area contributed by atoms with Gasteiger partial charge in [-0.05, 0) is 73.9 Å². The van der Waals surface area contributed by atoms with E-state index in [1.54, 1.807) is 139 Å². The highest BCUT2D eigenvalue weighted by atomic mass is 19.3. The number of pyridine rings is 2. The van der Waals surface area contributed by atoms with Gasteiger partial charge in [0.2, 0.25) is 17.6 Å². The molecule has 0 unspecified atom stereocenters. The average Bonchev–Trinajstić information content (AvgIpc) is 3.20. The van der Waals surface area contributed by atoms with Crippen LogP contribution in [0.2, 0.25) is 0 Å². The summed E-state index contributed by atoms with van der Waals surface area (Å²) in [5.41, 5.74) is 3.22. The number of carbonyl (C=O) groups is 5. The van der Waals surface area contributed by atoms with Gasteiger partial charge >= 0.3 is 18.1 Å². The molecule has 0 aliphatic heterocycles. The maximum atomic E-state index is 16.9. The van der Waals surface area contributed by atoms with Gasteiger partial charge in [0.25, 0.3) is 0 Å². The van der Waals surface area contributed by atoms with Gasteiger partial charge in [-0.25, -0.2) is 9.59 Å². The van der Waals surface area contributed by atoms with Crippen molar-refractivity contribution >= 4 is 29.8 Å².